The smallest absolute Gasteiger partial charge is 0.225 e. The molecule has 6 nitrogen and oxygen atoms in total. The quantitative estimate of drug-likeness (QED) is 0.727. The van der Waals surface area contributed by atoms with Crippen LogP contribution in [0.3, 0.4) is 0 Å². The van der Waals surface area contributed by atoms with Gasteiger partial charge in [-0.3, -0.25) is 9.59 Å². The number of likely N-dealkylation sites (tertiary alicyclic amines) is 2. The van der Waals surface area contributed by atoms with Crippen molar-refractivity contribution in [2.75, 3.05) is 26.2 Å². The third-order valence-corrected chi connectivity index (χ3v) is 6.73. The van der Waals surface area contributed by atoms with E-state index in [1.54, 1.807) is 6.20 Å². The number of piperidine rings is 2. The zero-order valence-corrected chi connectivity index (χ0v) is 18.7. The first-order valence-electron chi connectivity index (χ1n) is 11.6. The van der Waals surface area contributed by atoms with Crippen LogP contribution < -0.4 is 0 Å². The van der Waals surface area contributed by atoms with Crippen LogP contribution in [0.1, 0.15) is 50.5 Å². The van der Waals surface area contributed by atoms with Gasteiger partial charge in [0, 0.05) is 50.5 Å². The summed E-state index contributed by atoms with van der Waals surface area (Å²) in [5.41, 5.74) is 2.19. The Labute approximate surface area is 184 Å². The molecule has 2 aliphatic heterocycles. The molecule has 0 N–H and O–H groups in total. The Hall–Kier alpha value is -2.63. The highest BCUT2D eigenvalue weighted by atomic mass is 16.4. The lowest BCUT2D eigenvalue weighted by Gasteiger charge is -2.36. The Morgan fingerprint density at radius 3 is 2.32 bits per heavy atom. The number of nitrogens with zero attached hydrogens (tertiary/aromatic N) is 3. The fourth-order valence-corrected chi connectivity index (χ4v) is 4.51. The first-order valence-corrected chi connectivity index (χ1v) is 11.6. The summed E-state index contributed by atoms with van der Waals surface area (Å²) in [5, 5.41) is 0. The maximum atomic E-state index is 12.8. The van der Waals surface area contributed by atoms with Crippen LogP contribution >= 0.6 is 0 Å². The zero-order chi connectivity index (χ0) is 21.8. The standard InChI is InChI=1S/C25H33N3O3/c1-18-3-5-20(6-4-18)22-17-26-23(31-22)7-8-24(29)27-15-11-21(12-16-27)25(30)28-13-9-19(2)10-14-28/h3-6,17,19,21H,7-16H2,1-2H3. The van der Waals surface area contributed by atoms with E-state index in [-0.39, 0.29) is 11.8 Å². The molecule has 0 radical (unpaired) electrons. The highest BCUT2D eigenvalue weighted by Crippen LogP contribution is 2.25. The Bertz CT molecular complexity index is 889. The second-order valence-corrected chi connectivity index (χ2v) is 9.15. The number of aryl methyl sites for hydroxylation is 2. The van der Waals surface area contributed by atoms with E-state index in [0.717, 1.165) is 56.0 Å². The Morgan fingerprint density at radius 2 is 1.65 bits per heavy atom. The van der Waals surface area contributed by atoms with Gasteiger partial charge in [-0.15, -0.1) is 0 Å². The Balaban J connectivity index is 1.22. The molecule has 2 amide bonds. The number of oxazole rings is 1. The fourth-order valence-electron chi connectivity index (χ4n) is 4.51. The van der Waals surface area contributed by atoms with Crippen molar-refractivity contribution >= 4 is 11.8 Å². The van der Waals surface area contributed by atoms with Gasteiger partial charge in [-0.05, 0) is 38.5 Å². The molecule has 0 atom stereocenters. The largest absolute Gasteiger partial charge is 0.441 e. The van der Waals surface area contributed by atoms with E-state index >= 15 is 0 Å². The van der Waals surface area contributed by atoms with Crippen molar-refractivity contribution < 1.29 is 14.0 Å². The summed E-state index contributed by atoms with van der Waals surface area (Å²) >= 11 is 0. The molecule has 6 heteroatoms. The molecule has 2 aliphatic rings. The second-order valence-electron chi connectivity index (χ2n) is 9.15. The van der Waals surface area contributed by atoms with Crippen molar-refractivity contribution in [3.8, 4) is 11.3 Å². The first-order chi connectivity index (χ1) is 15.0. The Kier molecular flexibility index (Phi) is 6.73. The molecule has 4 rings (SSSR count). The van der Waals surface area contributed by atoms with Gasteiger partial charge in [-0.1, -0.05) is 36.8 Å². The van der Waals surface area contributed by atoms with Gasteiger partial charge in [0.25, 0.3) is 0 Å². The van der Waals surface area contributed by atoms with E-state index in [1.165, 1.54) is 5.56 Å². The van der Waals surface area contributed by atoms with E-state index in [4.69, 9.17) is 4.42 Å². The van der Waals surface area contributed by atoms with Crippen LogP contribution in [0.5, 0.6) is 0 Å². The molecule has 166 valence electrons. The third-order valence-electron chi connectivity index (χ3n) is 6.73. The van der Waals surface area contributed by atoms with Gasteiger partial charge >= 0.3 is 0 Å². The summed E-state index contributed by atoms with van der Waals surface area (Å²) in [6, 6.07) is 8.11. The van der Waals surface area contributed by atoms with Crippen LogP contribution in [-0.2, 0) is 16.0 Å². The van der Waals surface area contributed by atoms with E-state index < -0.39 is 0 Å². The van der Waals surface area contributed by atoms with Gasteiger partial charge in [-0.2, -0.15) is 0 Å². The maximum Gasteiger partial charge on any atom is 0.225 e. The summed E-state index contributed by atoms with van der Waals surface area (Å²) < 4.78 is 5.84. The van der Waals surface area contributed by atoms with Gasteiger partial charge in [0.1, 0.15) is 0 Å². The summed E-state index contributed by atoms with van der Waals surface area (Å²) in [6.07, 6.45) is 6.36. The molecule has 0 unspecified atom stereocenters. The van der Waals surface area contributed by atoms with Crippen molar-refractivity contribution in [3.05, 3.63) is 41.9 Å². The van der Waals surface area contributed by atoms with Crippen LogP contribution in [0.4, 0.5) is 0 Å². The molecular formula is C25H33N3O3. The van der Waals surface area contributed by atoms with Crippen molar-refractivity contribution in [2.45, 2.75) is 52.4 Å². The molecule has 0 saturated carbocycles. The number of amides is 2. The lowest BCUT2D eigenvalue weighted by molar-refractivity contribution is -0.141. The maximum absolute atomic E-state index is 12.8. The monoisotopic (exact) mass is 423 g/mol. The lowest BCUT2D eigenvalue weighted by Crippen LogP contribution is -2.46. The minimum atomic E-state index is 0.0706. The molecule has 2 fully saturated rings. The van der Waals surface area contributed by atoms with Crippen molar-refractivity contribution in [1.82, 2.24) is 14.8 Å². The summed E-state index contributed by atoms with van der Waals surface area (Å²) in [5.74, 6) is 2.53. The number of hydrogen-bond acceptors (Lipinski definition) is 4. The Morgan fingerprint density at radius 1 is 1.00 bits per heavy atom. The van der Waals surface area contributed by atoms with Crippen molar-refractivity contribution in [3.63, 3.8) is 0 Å². The predicted molar refractivity (Wildman–Crippen MR) is 119 cm³/mol. The second kappa shape index (κ2) is 9.67. The molecule has 31 heavy (non-hydrogen) atoms. The van der Waals surface area contributed by atoms with E-state index in [9.17, 15) is 9.59 Å². The fraction of sp³-hybridized carbons (Fsp3) is 0.560. The molecule has 0 spiro atoms. The molecular weight excluding hydrogens is 390 g/mol. The van der Waals surface area contributed by atoms with Gasteiger partial charge < -0.3 is 14.2 Å². The van der Waals surface area contributed by atoms with Gasteiger partial charge in [0.2, 0.25) is 11.8 Å². The third kappa shape index (κ3) is 5.35. The van der Waals surface area contributed by atoms with Crippen LogP contribution in [0.25, 0.3) is 11.3 Å². The molecule has 3 heterocycles. The molecule has 1 aromatic heterocycles. The van der Waals surface area contributed by atoms with Crippen LogP contribution in [0.2, 0.25) is 0 Å². The minimum Gasteiger partial charge on any atom is -0.441 e. The number of carbonyl (C=O) groups is 2. The average molecular weight is 424 g/mol. The topological polar surface area (TPSA) is 66.7 Å². The SMILES string of the molecule is Cc1ccc(-c2cnc(CCC(=O)N3CCC(C(=O)N4CCC(C)CC4)CC3)o2)cc1. The molecule has 2 saturated heterocycles. The number of hydrogen-bond donors (Lipinski definition) is 0. The van der Waals surface area contributed by atoms with E-state index in [1.807, 2.05) is 41.0 Å². The number of carbonyl (C=O) groups excluding carboxylic acids is 2. The van der Waals surface area contributed by atoms with Crippen LogP contribution in [0, 0.1) is 18.8 Å². The highest BCUT2D eigenvalue weighted by Gasteiger charge is 2.31. The van der Waals surface area contributed by atoms with Crippen molar-refractivity contribution in [1.29, 1.82) is 0 Å². The zero-order valence-electron chi connectivity index (χ0n) is 18.7. The first kappa shape index (κ1) is 21.6. The van der Waals surface area contributed by atoms with Crippen LogP contribution in [-0.4, -0.2) is 52.8 Å². The molecule has 1 aromatic carbocycles. The molecule has 2 aromatic rings. The summed E-state index contributed by atoms with van der Waals surface area (Å²) in [4.78, 5) is 33.7. The summed E-state index contributed by atoms with van der Waals surface area (Å²) in [6.45, 7) is 7.42. The number of rotatable bonds is 5. The van der Waals surface area contributed by atoms with Gasteiger partial charge in [0.05, 0.1) is 6.20 Å². The molecule has 0 aliphatic carbocycles. The lowest BCUT2D eigenvalue weighted by atomic mass is 9.92. The summed E-state index contributed by atoms with van der Waals surface area (Å²) in [7, 11) is 0. The number of aromatic nitrogens is 1. The minimum absolute atomic E-state index is 0.0706. The van der Waals surface area contributed by atoms with Gasteiger partial charge in [-0.25, -0.2) is 4.98 Å². The predicted octanol–water partition coefficient (Wildman–Crippen LogP) is 4.08. The normalized spacial score (nSPS) is 18.4. The molecule has 0 bridgehead atoms. The van der Waals surface area contributed by atoms with E-state index in [2.05, 4.69) is 11.9 Å². The van der Waals surface area contributed by atoms with Gasteiger partial charge in [0.15, 0.2) is 11.7 Å². The average Bonchev–Trinajstić information content (AvgIpc) is 3.27. The highest BCUT2D eigenvalue weighted by molar-refractivity contribution is 5.80. The van der Waals surface area contributed by atoms with Crippen LogP contribution in [0.15, 0.2) is 34.9 Å². The van der Waals surface area contributed by atoms with E-state index in [0.29, 0.717) is 37.7 Å². The van der Waals surface area contributed by atoms with Crippen molar-refractivity contribution in [2.24, 2.45) is 11.8 Å². The number of benzene rings is 1.